The fraction of sp³-hybridized carbons (Fsp3) is 0.625. The normalized spacial score (nSPS) is 15.2. The predicted molar refractivity (Wildman–Crippen MR) is 198 cm³/mol. The summed E-state index contributed by atoms with van der Waals surface area (Å²) < 4.78 is 5.54. The summed E-state index contributed by atoms with van der Waals surface area (Å²) in [5, 5.41) is 2.88. The van der Waals surface area contributed by atoms with E-state index in [2.05, 4.69) is 61.2 Å². The fourth-order valence-corrected chi connectivity index (χ4v) is 5.82. The summed E-state index contributed by atoms with van der Waals surface area (Å²) in [4.78, 5) is 40.4. The lowest BCUT2D eigenvalue weighted by Gasteiger charge is -2.33. The Bertz CT molecular complexity index is 1280. The highest BCUT2D eigenvalue weighted by atomic mass is 16.5. The van der Waals surface area contributed by atoms with Crippen molar-refractivity contribution < 1.29 is 19.1 Å². The molecule has 0 spiro atoms. The van der Waals surface area contributed by atoms with Gasteiger partial charge in [0, 0.05) is 75.3 Å². The molecule has 1 aromatic rings. The summed E-state index contributed by atoms with van der Waals surface area (Å²) in [6, 6.07) is 5.62. The Labute approximate surface area is 290 Å². The second-order valence-corrected chi connectivity index (χ2v) is 13.2. The Balaban J connectivity index is 0.000000444. The molecule has 2 aliphatic rings. The molecular formula is C40H62N4O4. The number of Topliss-reactive ketones (excluding diaryl/α,β-unsaturated/α-hetero) is 2. The predicted octanol–water partition coefficient (Wildman–Crippen LogP) is 6.38. The SMILES string of the molecule is C=C(C)c1c(C#CCOCCNC(=O)CN2CCN(CN)CC2)cccc1C(=O)CCCC.CCCC(=O)CCC(C)C(C)=C1CCC1. The molecular weight excluding hydrogens is 600 g/mol. The van der Waals surface area contributed by atoms with Crippen molar-refractivity contribution in [3.63, 3.8) is 0 Å². The standard InChI is InChI=1S/C26H38N4O3.C14H24O/c1-4-5-11-24(31)23-10-6-8-22(26(23)21(2)3)9-7-17-33-18-12-28-25(32)19-29-13-15-30(20-27)16-14-29;1-4-6-14(15)10-9-11(2)12(3)13-7-5-8-13/h6,8,10H,2,4-5,11-20,27H2,1,3H3,(H,28,32);11H,4-10H2,1-3H3. The van der Waals surface area contributed by atoms with Gasteiger partial charge in [0.15, 0.2) is 5.78 Å². The Morgan fingerprint density at radius 3 is 2.33 bits per heavy atom. The van der Waals surface area contributed by atoms with E-state index in [1.165, 1.54) is 19.3 Å². The van der Waals surface area contributed by atoms with Crippen LogP contribution in [0, 0.1) is 17.8 Å². The monoisotopic (exact) mass is 662 g/mol. The lowest BCUT2D eigenvalue weighted by molar-refractivity contribution is -0.123. The summed E-state index contributed by atoms with van der Waals surface area (Å²) >= 11 is 0. The van der Waals surface area contributed by atoms with Gasteiger partial charge in [0.25, 0.3) is 0 Å². The van der Waals surface area contributed by atoms with Crippen molar-refractivity contribution >= 4 is 23.0 Å². The number of piperazine rings is 1. The van der Waals surface area contributed by atoms with Crippen molar-refractivity contribution in [3.05, 3.63) is 52.6 Å². The molecule has 8 heteroatoms. The van der Waals surface area contributed by atoms with Crippen LogP contribution in [0.3, 0.4) is 0 Å². The van der Waals surface area contributed by atoms with Crippen molar-refractivity contribution in [1.82, 2.24) is 15.1 Å². The molecule has 1 aliphatic heterocycles. The molecule has 0 aromatic heterocycles. The molecule has 0 bridgehead atoms. The van der Waals surface area contributed by atoms with Crippen LogP contribution < -0.4 is 11.1 Å². The summed E-state index contributed by atoms with van der Waals surface area (Å²) in [5.74, 6) is 7.31. The van der Waals surface area contributed by atoms with Gasteiger partial charge < -0.3 is 15.8 Å². The van der Waals surface area contributed by atoms with Gasteiger partial charge in [0.2, 0.25) is 5.91 Å². The van der Waals surface area contributed by atoms with Gasteiger partial charge in [-0.05, 0) is 69.9 Å². The van der Waals surface area contributed by atoms with E-state index in [0.29, 0.717) is 50.1 Å². The van der Waals surface area contributed by atoms with E-state index in [4.69, 9.17) is 10.5 Å². The number of nitrogens with one attached hydrogen (secondary N) is 1. The number of nitrogens with zero attached hydrogens (tertiary/aromatic N) is 2. The second kappa shape index (κ2) is 23.3. The molecule has 1 atom stereocenters. The van der Waals surface area contributed by atoms with E-state index in [9.17, 15) is 14.4 Å². The third kappa shape index (κ3) is 15.0. The van der Waals surface area contributed by atoms with E-state index < -0.39 is 0 Å². The maximum Gasteiger partial charge on any atom is 0.234 e. The highest BCUT2D eigenvalue weighted by molar-refractivity contribution is 6.01. The van der Waals surface area contributed by atoms with Gasteiger partial charge in [-0.1, -0.05) is 68.9 Å². The molecule has 0 radical (unpaired) electrons. The van der Waals surface area contributed by atoms with E-state index >= 15 is 0 Å². The number of hydrogen-bond donors (Lipinski definition) is 2. The molecule has 266 valence electrons. The molecule has 2 fully saturated rings. The quantitative estimate of drug-likeness (QED) is 0.0813. The van der Waals surface area contributed by atoms with Crippen LogP contribution in [0.15, 0.2) is 35.9 Å². The van der Waals surface area contributed by atoms with Gasteiger partial charge in [0.05, 0.1) is 13.2 Å². The molecule has 3 rings (SSSR count). The van der Waals surface area contributed by atoms with Crippen LogP contribution in [-0.4, -0.2) is 86.4 Å². The average molecular weight is 663 g/mol. The zero-order valence-corrected chi connectivity index (χ0v) is 30.6. The minimum atomic E-state index is 0.00142. The summed E-state index contributed by atoms with van der Waals surface area (Å²) in [6.45, 7) is 20.2. The molecule has 1 unspecified atom stereocenters. The van der Waals surface area contributed by atoms with Crippen LogP contribution >= 0.6 is 0 Å². The number of ether oxygens (including phenoxy) is 1. The summed E-state index contributed by atoms with van der Waals surface area (Å²) in [7, 11) is 0. The number of hydrogen-bond acceptors (Lipinski definition) is 7. The number of benzene rings is 1. The maximum atomic E-state index is 12.6. The zero-order valence-electron chi connectivity index (χ0n) is 30.6. The first kappa shape index (κ1) is 41.1. The molecule has 48 heavy (non-hydrogen) atoms. The molecule has 3 N–H and O–H groups in total. The minimum Gasteiger partial charge on any atom is -0.367 e. The van der Waals surface area contributed by atoms with Crippen molar-refractivity contribution in [2.75, 3.05) is 59.2 Å². The number of nitrogens with two attached hydrogens (primary N) is 1. The van der Waals surface area contributed by atoms with Crippen LogP contribution in [0.4, 0.5) is 0 Å². The van der Waals surface area contributed by atoms with Gasteiger partial charge in [-0.15, -0.1) is 0 Å². The van der Waals surface area contributed by atoms with Crippen LogP contribution in [0.2, 0.25) is 0 Å². The number of allylic oxidation sites excluding steroid dienone is 3. The Kier molecular flexibility index (Phi) is 19.9. The van der Waals surface area contributed by atoms with E-state index in [1.807, 2.05) is 25.1 Å². The fourth-order valence-electron chi connectivity index (χ4n) is 5.82. The Hall–Kier alpha value is -3.09. The molecule has 8 nitrogen and oxygen atoms in total. The van der Waals surface area contributed by atoms with Gasteiger partial charge in [-0.25, -0.2) is 0 Å². The van der Waals surface area contributed by atoms with Gasteiger partial charge in [-0.2, -0.15) is 0 Å². The van der Waals surface area contributed by atoms with Crippen LogP contribution in [-0.2, 0) is 14.3 Å². The molecule has 1 aliphatic carbocycles. The number of carbonyl (C=O) groups excluding carboxylic acids is 3. The van der Waals surface area contributed by atoms with E-state index in [0.717, 1.165) is 81.4 Å². The summed E-state index contributed by atoms with van der Waals surface area (Å²) in [6.07, 6.45) is 9.96. The van der Waals surface area contributed by atoms with Gasteiger partial charge in [0.1, 0.15) is 12.4 Å². The van der Waals surface area contributed by atoms with Crippen LogP contribution in [0.5, 0.6) is 0 Å². The average Bonchev–Trinajstić information content (AvgIpc) is 3.05. The van der Waals surface area contributed by atoms with Crippen LogP contribution in [0.25, 0.3) is 5.57 Å². The van der Waals surface area contributed by atoms with Crippen molar-refractivity contribution in [2.45, 2.75) is 98.8 Å². The van der Waals surface area contributed by atoms with Crippen molar-refractivity contribution in [3.8, 4) is 11.8 Å². The molecule has 1 aromatic carbocycles. The topological polar surface area (TPSA) is 105 Å². The minimum absolute atomic E-state index is 0.00142. The number of carbonyl (C=O) groups is 3. The Morgan fingerprint density at radius 1 is 1.02 bits per heavy atom. The van der Waals surface area contributed by atoms with Gasteiger partial charge in [-0.3, -0.25) is 24.2 Å². The first-order chi connectivity index (χ1) is 23.1. The largest absolute Gasteiger partial charge is 0.367 e. The maximum absolute atomic E-state index is 12.6. The van der Waals surface area contributed by atoms with Gasteiger partial charge >= 0.3 is 0 Å². The lowest BCUT2D eigenvalue weighted by atomic mass is 9.82. The smallest absolute Gasteiger partial charge is 0.234 e. The summed E-state index contributed by atoms with van der Waals surface area (Å²) in [5.41, 5.74) is 12.0. The third-order valence-electron chi connectivity index (χ3n) is 9.24. The molecule has 1 heterocycles. The van der Waals surface area contributed by atoms with Crippen molar-refractivity contribution in [2.24, 2.45) is 11.7 Å². The first-order valence-electron chi connectivity index (χ1n) is 18.1. The van der Waals surface area contributed by atoms with Crippen LogP contribution in [0.1, 0.15) is 120 Å². The van der Waals surface area contributed by atoms with E-state index in [1.54, 1.807) is 11.1 Å². The second-order valence-electron chi connectivity index (χ2n) is 13.2. The number of ketones is 2. The lowest BCUT2D eigenvalue weighted by Crippen LogP contribution is -2.50. The molecule has 1 amide bonds. The number of rotatable bonds is 18. The first-order valence-corrected chi connectivity index (χ1v) is 18.1. The zero-order chi connectivity index (χ0) is 35.3. The Morgan fingerprint density at radius 2 is 1.73 bits per heavy atom. The number of unbranched alkanes of at least 4 members (excludes halogenated alkanes) is 1. The third-order valence-corrected chi connectivity index (χ3v) is 9.24. The van der Waals surface area contributed by atoms with Crippen molar-refractivity contribution in [1.29, 1.82) is 0 Å². The highest BCUT2D eigenvalue weighted by Gasteiger charge is 2.18. The number of amides is 1. The highest BCUT2D eigenvalue weighted by Crippen LogP contribution is 2.33. The molecule has 1 saturated heterocycles. The van der Waals surface area contributed by atoms with E-state index in [-0.39, 0.29) is 18.3 Å². The molecule has 1 saturated carbocycles.